The highest BCUT2D eigenvalue weighted by molar-refractivity contribution is 5.85. The van der Waals surface area contributed by atoms with Crippen LogP contribution < -0.4 is 5.32 Å². The molecular formula is C20H20N2O4. The fourth-order valence-electron chi connectivity index (χ4n) is 2.66. The molecule has 6 nitrogen and oxygen atoms in total. The Kier molecular flexibility index (Phi) is 5.78. The lowest BCUT2D eigenvalue weighted by Crippen LogP contribution is -2.35. The van der Waals surface area contributed by atoms with Crippen LogP contribution in [0.15, 0.2) is 67.0 Å². The van der Waals surface area contributed by atoms with Crippen molar-refractivity contribution in [2.45, 2.75) is 18.8 Å². The zero-order chi connectivity index (χ0) is 18.4. The van der Waals surface area contributed by atoms with Crippen molar-refractivity contribution < 1.29 is 19.7 Å². The minimum Gasteiger partial charge on any atom is -0.445 e. The maximum absolute atomic E-state index is 11.8. The first-order valence-electron chi connectivity index (χ1n) is 8.28. The van der Waals surface area contributed by atoms with Crippen molar-refractivity contribution in [3.8, 4) is 0 Å². The molecule has 0 fully saturated rings. The number of pyridine rings is 1. The van der Waals surface area contributed by atoms with E-state index in [0.717, 1.165) is 16.3 Å². The molecule has 0 radical (unpaired) electrons. The number of carbonyl (C=O) groups excluding carboxylic acids is 1. The highest BCUT2D eigenvalue weighted by Gasteiger charge is 2.21. The number of benzene rings is 2. The van der Waals surface area contributed by atoms with E-state index in [1.54, 1.807) is 6.20 Å². The largest absolute Gasteiger partial charge is 0.445 e. The lowest BCUT2D eigenvalue weighted by Gasteiger charge is -2.19. The number of ether oxygens (including phenoxy) is 1. The first kappa shape index (κ1) is 17.8. The third-order valence-electron chi connectivity index (χ3n) is 4.05. The molecule has 3 rings (SSSR count). The van der Waals surface area contributed by atoms with Crippen molar-refractivity contribution in [1.82, 2.24) is 10.3 Å². The Bertz CT molecular complexity index is 865. The third-order valence-corrected chi connectivity index (χ3v) is 4.05. The van der Waals surface area contributed by atoms with Crippen LogP contribution in [0.25, 0.3) is 10.8 Å². The van der Waals surface area contributed by atoms with Gasteiger partial charge in [0.2, 0.25) is 0 Å². The Hall–Kier alpha value is -2.96. The van der Waals surface area contributed by atoms with E-state index in [9.17, 15) is 15.0 Å². The van der Waals surface area contributed by atoms with Crippen LogP contribution in [0.4, 0.5) is 4.79 Å². The van der Waals surface area contributed by atoms with E-state index in [1.165, 1.54) is 6.20 Å². The van der Waals surface area contributed by atoms with Crippen molar-refractivity contribution in [3.63, 3.8) is 0 Å². The standard InChI is InChI=1S/C20H20N2O4/c23-18(12-22-20(25)26-13-14-6-2-1-3-7-14)19(24)17-11-21-10-15-8-4-5-9-16(15)17/h1-11,18-19,23-24H,12-13H2,(H,22,25). The summed E-state index contributed by atoms with van der Waals surface area (Å²) < 4.78 is 5.08. The molecule has 6 heteroatoms. The molecule has 0 aliphatic carbocycles. The maximum atomic E-state index is 11.8. The number of fused-ring (bicyclic) bond motifs is 1. The predicted molar refractivity (Wildman–Crippen MR) is 97.3 cm³/mol. The second-order valence-electron chi connectivity index (χ2n) is 5.90. The molecular weight excluding hydrogens is 332 g/mol. The van der Waals surface area contributed by atoms with Crippen molar-refractivity contribution in [2.24, 2.45) is 0 Å². The number of nitrogens with one attached hydrogen (secondary N) is 1. The lowest BCUT2D eigenvalue weighted by molar-refractivity contribution is 0.0191. The van der Waals surface area contributed by atoms with Crippen LogP contribution in [0.2, 0.25) is 0 Å². The average molecular weight is 352 g/mol. The molecule has 0 aliphatic heterocycles. The van der Waals surface area contributed by atoms with Gasteiger partial charge in [-0.25, -0.2) is 4.79 Å². The van der Waals surface area contributed by atoms with Crippen LogP contribution in [0, 0.1) is 0 Å². The van der Waals surface area contributed by atoms with E-state index < -0.39 is 18.3 Å². The number of hydrogen-bond donors (Lipinski definition) is 3. The smallest absolute Gasteiger partial charge is 0.407 e. The van der Waals surface area contributed by atoms with Gasteiger partial charge in [0.05, 0.1) is 0 Å². The second-order valence-corrected chi connectivity index (χ2v) is 5.90. The molecule has 26 heavy (non-hydrogen) atoms. The van der Waals surface area contributed by atoms with E-state index in [0.29, 0.717) is 5.56 Å². The quantitative estimate of drug-likeness (QED) is 0.634. The minimum atomic E-state index is -1.19. The summed E-state index contributed by atoms with van der Waals surface area (Å²) in [6.07, 6.45) is 0.187. The number of alkyl carbamates (subject to hydrolysis) is 1. The highest BCUT2D eigenvalue weighted by atomic mass is 16.5. The second kappa shape index (κ2) is 8.42. The molecule has 0 spiro atoms. The number of rotatable bonds is 6. The van der Waals surface area contributed by atoms with Gasteiger partial charge in [0.15, 0.2) is 0 Å². The summed E-state index contributed by atoms with van der Waals surface area (Å²) in [5.74, 6) is 0. The zero-order valence-electron chi connectivity index (χ0n) is 14.1. The molecule has 0 saturated heterocycles. The van der Waals surface area contributed by atoms with E-state index in [-0.39, 0.29) is 13.2 Å². The summed E-state index contributed by atoms with van der Waals surface area (Å²) in [4.78, 5) is 15.8. The van der Waals surface area contributed by atoms with Gasteiger partial charge in [0.1, 0.15) is 18.8 Å². The Morgan fingerprint density at radius 3 is 2.58 bits per heavy atom. The molecule has 0 saturated carbocycles. The summed E-state index contributed by atoms with van der Waals surface area (Å²) >= 11 is 0. The van der Waals surface area contributed by atoms with Crippen LogP contribution in [-0.4, -0.2) is 33.9 Å². The molecule has 0 aliphatic rings. The van der Waals surface area contributed by atoms with Gasteiger partial charge < -0.3 is 20.3 Å². The van der Waals surface area contributed by atoms with Crippen LogP contribution in [0.1, 0.15) is 17.2 Å². The fraction of sp³-hybridized carbons (Fsp3) is 0.200. The van der Waals surface area contributed by atoms with Gasteiger partial charge in [-0.05, 0) is 10.9 Å². The fourth-order valence-corrected chi connectivity index (χ4v) is 2.66. The lowest BCUT2D eigenvalue weighted by atomic mass is 10.00. The zero-order valence-corrected chi connectivity index (χ0v) is 14.1. The number of amides is 1. The Labute approximate surface area is 151 Å². The molecule has 3 N–H and O–H groups in total. The monoisotopic (exact) mass is 352 g/mol. The van der Waals surface area contributed by atoms with Crippen molar-refractivity contribution in [1.29, 1.82) is 0 Å². The predicted octanol–water partition coefficient (Wildman–Crippen LogP) is 2.56. The summed E-state index contributed by atoms with van der Waals surface area (Å²) in [5, 5.41) is 24.8. The molecule has 1 aromatic heterocycles. The van der Waals surface area contributed by atoms with Crippen molar-refractivity contribution in [2.75, 3.05) is 6.54 Å². The number of hydrogen-bond acceptors (Lipinski definition) is 5. The minimum absolute atomic E-state index is 0.137. The van der Waals surface area contributed by atoms with Gasteiger partial charge >= 0.3 is 6.09 Å². The van der Waals surface area contributed by atoms with Crippen molar-refractivity contribution in [3.05, 3.63) is 78.1 Å². The number of aliphatic hydroxyl groups is 2. The van der Waals surface area contributed by atoms with Gasteiger partial charge in [-0.3, -0.25) is 4.98 Å². The molecule has 134 valence electrons. The summed E-state index contributed by atoms with van der Waals surface area (Å²) in [6, 6.07) is 16.7. The van der Waals surface area contributed by atoms with Gasteiger partial charge in [-0.15, -0.1) is 0 Å². The topological polar surface area (TPSA) is 91.7 Å². The number of carbonyl (C=O) groups is 1. The van der Waals surface area contributed by atoms with E-state index >= 15 is 0 Å². The maximum Gasteiger partial charge on any atom is 0.407 e. The van der Waals surface area contributed by atoms with Gasteiger partial charge in [-0.2, -0.15) is 0 Å². The number of aromatic nitrogens is 1. The first-order valence-corrected chi connectivity index (χ1v) is 8.28. The van der Waals surface area contributed by atoms with Crippen LogP contribution in [0.3, 0.4) is 0 Å². The molecule has 1 amide bonds. The van der Waals surface area contributed by atoms with Gasteiger partial charge in [0, 0.05) is 29.9 Å². The summed E-state index contributed by atoms with van der Waals surface area (Å²) in [5.41, 5.74) is 1.38. The third kappa shape index (κ3) is 4.36. The van der Waals surface area contributed by atoms with Gasteiger partial charge in [0.25, 0.3) is 0 Å². The van der Waals surface area contributed by atoms with E-state index in [2.05, 4.69) is 10.3 Å². The molecule has 3 aromatic rings. The Morgan fingerprint density at radius 1 is 1.04 bits per heavy atom. The van der Waals surface area contributed by atoms with Gasteiger partial charge in [-0.1, -0.05) is 54.6 Å². The van der Waals surface area contributed by atoms with E-state index in [1.807, 2.05) is 54.6 Å². The van der Waals surface area contributed by atoms with Crippen LogP contribution in [0.5, 0.6) is 0 Å². The van der Waals surface area contributed by atoms with Crippen LogP contribution in [-0.2, 0) is 11.3 Å². The van der Waals surface area contributed by atoms with Crippen LogP contribution >= 0.6 is 0 Å². The molecule has 2 aromatic carbocycles. The molecule has 2 atom stereocenters. The summed E-state index contributed by atoms with van der Waals surface area (Å²) in [7, 11) is 0. The van der Waals surface area contributed by atoms with E-state index in [4.69, 9.17) is 4.74 Å². The molecule has 0 bridgehead atoms. The Morgan fingerprint density at radius 2 is 1.77 bits per heavy atom. The molecule has 1 heterocycles. The first-order chi connectivity index (χ1) is 12.6. The highest BCUT2D eigenvalue weighted by Crippen LogP contribution is 2.25. The Balaban J connectivity index is 1.55. The van der Waals surface area contributed by atoms with Crippen molar-refractivity contribution >= 4 is 16.9 Å². The average Bonchev–Trinajstić information content (AvgIpc) is 2.70. The number of nitrogens with zero attached hydrogens (tertiary/aromatic N) is 1. The SMILES string of the molecule is O=C(NCC(O)C(O)c1cncc2ccccc12)OCc1ccccc1. The molecule has 2 unspecified atom stereocenters. The number of aliphatic hydroxyl groups excluding tert-OH is 2. The normalized spacial score (nSPS) is 13.2. The summed E-state index contributed by atoms with van der Waals surface area (Å²) in [6.45, 7) is -0.00340.